The molecule has 4 aromatic rings. The molecule has 472 valence electrons. The number of aryl methyl sites for hydroxylation is 1. The molecule has 11 atom stereocenters. The fraction of sp³-hybridized carbons (Fsp3) is 0.567. The van der Waals surface area contributed by atoms with E-state index in [9.17, 15) is 58.2 Å². The zero-order valence-corrected chi connectivity index (χ0v) is 50.1. The van der Waals surface area contributed by atoms with Gasteiger partial charge in [0.15, 0.2) is 0 Å². The van der Waals surface area contributed by atoms with E-state index in [0.717, 1.165) is 37.9 Å². The summed E-state index contributed by atoms with van der Waals surface area (Å²) >= 11 is 0. The lowest BCUT2D eigenvalue weighted by molar-refractivity contribution is -0.136. The molecule has 5 rings (SSSR count). The molecule has 4 unspecified atom stereocenters. The molecule has 0 aliphatic carbocycles. The normalized spacial score (nSPS) is 22.4. The average Bonchev–Trinajstić information content (AvgIpc) is 0.881. The van der Waals surface area contributed by atoms with Crippen molar-refractivity contribution in [1.82, 2.24) is 53.2 Å². The first-order valence-electron chi connectivity index (χ1n) is 29.7. The lowest BCUT2D eigenvalue weighted by atomic mass is 9.90. The van der Waals surface area contributed by atoms with Crippen molar-refractivity contribution in [3.63, 3.8) is 0 Å². The van der Waals surface area contributed by atoms with Crippen LogP contribution in [0.15, 0.2) is 54.6 Å². The Morgan fingerprint density at radius 2 is 1.03 bits per heavy atom. The van der Waals surface area contributed by atoms with E-state index in [1.807, 2.05) is 12.1 Å². The van der Waals surface area contributed by atoms with Crippen LogP contribution in [-0.2, 0) is 54.4 Å². The van der Waals surface area contributed by atoms with Gasteiger partial charge in [-0.2, -0.15) is 0 Å². The molecule has 1 aliphatic heterocycles. The number of aliphatic hydroxyl groups is 2. The fourth-order valence-electron chi connectivity index (χ4n) is 10.5. The second kappa shape index (κ2) is 33.3. The maximum Gasteiger partial charge on any atom is 0.245 e. The second-order valence-corrected chi connectivity index (χ2v) is 23.0. The first-order chi connectivity index (χ1) is 40.9. The predicted octanol–water partition coefficient (Wildman–Crippen LogP) is -1.96. The summed E-state index contributed by atoms with van der Waals surface area (Å²) in [5.74, 6) is -8.97. The minimum Gasteiger partial charge on any atom is -0.391 e. The Labute approximate surface area is 501 Å². The molecule has 1 heterocycles. The van der Waals surface area contributed by atoms with Crippen LogP contribution in [0.2, 0.25) is 0 Å². The zero-order chi connectivity index (χ0) is 63.4. The molecule has 1 saturated heterocycles. The molecule has 86 heavy (non-hydrogen) atoms. The van der Waals surface area contributed by atoms with Crippen molar-refractivity contribution in [2.24, 2.45) is 34.8 Å². The van der Waals surface area contributed by atoms with Gasteiger partial charge in [-0.05, 0) is 148 Å². The Kier molecular flexibility index (Phi) is 26.8. The quantitative estimate of drug-likeness (QED) is 0.0359. The lowest BCUT2D eigenvalue weighted by Crippen LogP contribution is -2.61. The van der Waals surface area contributed by atoms with Gasteiger partial charge in [0.1, 0.15) is 54.4 Å². The third-order valence-electron chi connectivity index (χ3n) is 15.0. The molecule has 20 N–H and O–H groups in total. The fourth-order valence-corrected chi connectivity index (χ4v) is 10.5. The highest BCUT2D eigenvalue weighted by atomic mass is 16.3. The number of aliphatic hydroxyl groups excluding tert-OH is 2. The molecule has 0 bridgehead atoms. The number of nitrogens with two attached hydrogens (primary N) is 4. The molecular weight excluding hydrogens is 1110 g/mol. The van der Waals surface area contributed by atoms with E-state index in [0.29, 0.717) is 12.8 Å². The van der Waals surface area contributed by atoms with Gasteiger partial charge in [-0.25, -0.2) is 0 Å². The van der Waals surface area contributed by atoms with Crippen LogP contribution in [0, 0.1) is 11.8 Å². The van der Waals surface area contributed by atoms with Crippen LogP contribution in [-0.4, -0.2) is 169 Å². The predicted molar refractivity (Wildman–Crippen MR) is 325 cm³/mol. The summed E-state index contributed by atoms with van der Waals surface area (Å²) in [6.45, 7) is 8.71. The number of amides is 10. The lowest BCUT2D eigenvalue weighted by Gasteiger charge is -2.29. The maximum atomic E-state index is 14.5. The summed E-state index contributed by atoms with van der Waals surface area (Å²) in [6, 6.07) is 5.59. The van der Waals surface area contributed by atoms with E-state index in [4.69, 9.17) is 22.9 Å². The third kappa shape index (κ3) is 19.4. The van der Waals surface area contributed by atoms with Crippen LogP contribution < -0.4 is 76.1 Å². The van der Waals surface area contributed by atoms with Crippen molar-refractivity contribution in [3.05, 3.63) is 60.2 Å². The minimum absolute atomic E-state index is 0.0158. The molecule has 10 amide bonds. The van der Waals surface area contributed by atoms with Gasteiger partial charge in [0.05, 0.1) is 12.2 Å². The molecule has 4 aromatic carbocycles. The number of nitrogens with one attached hydrogen (secondary N) is 10. The summed E-state index contributed by atoms with van der Waals surface area (Å²) in [6.07, 6.45) is -3.03. The van der Waals surface area contributed by atoms with Crippen LogP contribution in [0.5, 0.6) is 0 Å². The Balaban J connectivity index is 1.39. The maximum absolute atomic E-state index is 14.5. The standard InChI is InChI=1S/C60H90N14O12/c1-31(2)29-45-57(83)68-40(19-24-61)52(78)67-43(22-27-64)56(82)74-50(33(5)75)59(85)65-28-23-44(55(81)66-41(20-25-62)54(80)71-46(30-32(3)4)58(84)72-45)69-53(79)42(21-26-63)70-60(86)51(34(6)76)73-47(77)12-8-9-35-13-14-38-16-15-36-10-7-11-37-17-18-39(35)49(38)48(36)37/h7,10-11,13-18,31-34,40-46,50-51,75-76H,8-9,12,19-30,61-64H2,1-6H3,(H,65,85)(H,66,81)(H,67,78)(H,68,83)(H,69,79)(H,70,86)(H,71,80)(H,72,84)(H,73,77)(H,74,82)/t33-,34-,40?,41+,42+,43+,44?,45?,46?,50+,51+/m1/s1. The van der Waals surface area contributed by atoms with Gasteiger partial charge >= 0.3 is 0 Å². The molecule has 0 radical (unpaired) electrons. The zero-order valence-electron chi connectivity index (χ0n) is 50.1. The summed E-state index contributed by atoms with van der Waals surface area (Å²) in [5.41, 5.74) is 24.6. The van der Waals surface area contributed by atoms with E-state index in [1.54, 1.807) is 27.7 Å². The molecule has 0 aromatic heterocycles. The monoisotopic (exact) mass is 1200 g/mol. The number of hydrogen-bond acceptors (Lipinski definition) is 16. The van der Waals surface area contributed by atoms with Crippen LogP contribution in [0.1, 0.15) is 105 Å². The summed E-state index contributed by atoms with van der Waals surface area (Å²) < 4.78 is 0. The summed E-state index contributed by atoms with van der Waals surface area (Å²) in [4.78, 5) is 140. The van der Waals surface area contributed by atoms with Crippen LogP contribution in [0.4, 0.5) is 0 Å². The highest BCUT2D eigenvalue weighted by Gasteiger charge is 2.37. The second-order valence-electron chi connectivity index (χ2n) is 23.0. The number of carbonyl (C=O) groups excluding carboxylic acids is 10. The highest BCUT2D eigenvalue weighted by Crippen LogP contribution is 2.36. The smallest absolute Gasteiger partial charge is 0.245 e. The van der Waals surface area contributed by atoms with Gasteiger partial charge in [0.2, 0.25) is 59.1 Å². The molecular formula is C60H90N14O12. The van der Waals surface area contributed by atoms with E-state index in [1.165, 1.54) is 13.8 Å². The van der Waals surface area contributed by atoms with Crippen molar-refractivity contribution in [1.29, 1.82) is 0 Å². The minimum atomic E-state index is -1.66. The van der Waals surface area contributed by atoms with E-state index in [2.05, 4.69) is 95.6 Å². The van der Waals surface area contributed by atoms with Gasteiger partial charge in [0.25, 0.3) is 0 Å². The van der Waals surface area contributed by atoms with Gasteiger partial charge in [-0.3, -0.25) is 47.9 Å². The molecule has 26 nitrogen and oxygen atoms in total. The van der Waals surface area contributed by atoms with Gasteiger partial charge in [-0.1, -0.05) is 82.3 Å². The van der Waals surface area contributed by atoms with Gasteiger partial charge in [-0.15, -0.1) is 0 Å². The van der Waals surface area contributed by atoms with Gasteiger partial charge < -0.3 is 86.3 Å². The van der Waals surface area contributed by atoms with E-state index in [-0.39, 0.29) is 83.0 Å². The summed E-state index contributed by atoms with van der Waals surface area (Å²) in [7, 11) is 0. The molecule has 1 fully saturated rings. The van der Waals surface area contributed by atoms with Crippen LogP contribution >= 0.6 is 0 Å². The van der Waals surface area contributed by atoms with Crippen molar-refractivity contribution >= 4 is 91.4 Å². The third-order valence-corrected chi connectivity index (χ3v) is 15.0. The van der Waals surface area contributed by atoms with Crippen molar-refractivity contribution < 1.29 is 58.2 Å². The van der Waals surface area contributed by atoms with Crippen molar-refractivity contribution in [3.8, 4) is 0 Å². The number of carbonyl (C=O) groups is 10. The number of hydrogen-bond donors (Lipinski definition) is 16. The Hall–Kier alpha value is -7.62. The number of rotatable bonds is 23. The molecule has 0 spiro atoms. The van der Waals surface area contributed by atoms with E-state index < -0.39 is 139 Å². The summed E-state index contributed by atoms with van der Waals surface area (Å²) in [5, 5.41) is 54.1. The topological polar surface area (TPSA) is 436 Å². The average molecular weight is 1200 g/mol. The van der Waals surface area contributed by atoms with E-state index >= 15 is 0 Å². The Morgan fingerprint density at radius 3 is 1.53 bits per heavy atom. The molecule has 0 saturated carbocycles. The largest absolute Gasteiger partial charge is 0.391 e. The SMILES string of the molecule is CC(C)CC1NC(=O)C(CC(C)C)NC(=O)[C@H](CCN)NC(=O)C(NC(=O)[C@H](CCN)NC(=O)[C@@H](NC(=O)CCCc2ccc3ccc4cccc5ccc2c3c45)[C@@H](C)O)CCNC(=O)[C@H]([C@@H](C)O)NC(=O)[C@H](CCN)NC(=O)C(CCN)NC1=O. The Morgan fingerprint density at radius 1 is 0.558 bits per heavy atom. The first kappa shape index (κ1) is 69.2. The van der Waals surface area contributed by atoms with Crippen molar-refractivity contribution in [2.75, 3.05) is 32.7 Å². The first-order valence-corrected chi connectivity index (χ1v) is 29.7. The van der Waals surface area contributed by atoms with Crippen molar-refractivity contribution in [2.45, 2.75) is 172 Å². The highest BCUT2D eigenvalue weighted by molar-refractivity contribution is 6.23. The molecule has 1 aliphatic rings. The molecule has 26 heteroatoms. The number of benzene rings is 4. The van der Waals surface area contributed by atoms with Gasteiger partial charge in [0, 0.05) is 13.0 Å². The Bertz CT molecular complexity index is 2980. The van der Waals surface area contributed by atoms with Crippen LogP contribution in [0.25, 0.3) is 32.3 Å². The van der Waals surface area contributed by atoms with Crippen LogP contribution in [0.3, 0.4) is 0 Å².